The van der Waals surface area contributed by atoms with Gasteiger partial charge in [0.2, 0.25) is 0 Å². The number of amides is 2. The molecule has 2 aromatic carbocycles. The quantitative estimate of drug-likeness (QED) is 0.794. The van der Waals surface area contributed by atoms with E-state index in [2.05, 4.69) is 42.3 Å². The zero-order chi connectivity index (χ0) is 20.8. The summed E-state index contributed by atoms with van der Waals surface area (Å²) in [6.07, 6.45) is -2.51. The number of piperazine rings is 1. The Kier molecular flexibility index (Phi) is 6.90. The van der Waals surface area contributed by atoms with E-state index in [4.69, 9.17) is 4.74 Å². The van der Waals surface area contributed by atoms with Crippen LogP contribution in [0, 0.1) is 13.8 Å². The van der Waals surface area contributed by atoms with Crippen molar-refractivity contribution in [3.05, 3.63) is 59.2 Å². The topological polar surface area (TPSA) is 44.8 Å². The van der Waals surface area contributed by atoms with Crippen LogP contribution in [0.25, 0.3) is 0 Å². The molecule has 1 N–H and O–H groups in total. The van der Waals surface area contributed by atoms with Gasteiger partial charge in [-0.25, -0.2) is 13.6 Å². The minimum absolute atomic E-state index is 0.121. The second-order valence-electron chi connectivity index (χ2n) is 7.20. The number of urea groups is 1. The summed E-state index contributed by atoms with van der Waals surface area (Å²) in [6.45, 7) is 6.79. The molecule has 1 aliphatic heterocycles. The Labute approximate surface area is 170 Å². The van der Waals surface area contributed by atoms with Crippen molar-refractivity contribution in [3.63, 3.8) is 0 Å². The molecule has 2 aromatic rings. The third-order valence-corrected chi connectivity index (χ3v) is 5.20. The van der Waals surface area contributed by atoms with Gasteiger partial charge in [-0.2, -0.15) is 0 Å². The van der Waals surface area contributed by atoms with E-state index in [0.717, 1.165) is 18.7 Å². The molecule has 0 atom stereocenters. The maximum absolute atomic E-state index is 12.5. The van der Waals surface area contributed by atoms with Gasteiger partial charge in [0.15, 0.2) is 0 Å². The monoisotopic (exact) mass is 403 g/mol. The number of hydrogen-bond acceptors (Lipinski definition) is 3. The van der Waals surface area contributed by atoms with Gasteiger partial charge in [-0.1, -0.05) is 24.3 Å². The average molecular weight is 403 g/mol. The Morgan fingerprint density at radius 3 is 2.55 bits per heavy atom. The molecule has 7 heteroatoms. The first kappa shape index (κ1) is 20.9. The number of hydrogen-bond donors (Lipinski definition) is 1. The maximum Gasteiger partial charge on any atom is 0.317 e. The van der Waals surface area contributed by atoms with Crippen LogP contribution >= 0.6 is 0 Å². The first-order chi connectivity index (χ1) is 13.9. The van der Waals surface area contributed by atoms with E-state index in [9.17, 15) is 13.6 Å². The van der Waals surface area contributed by atoms with Crippen LogP contribution in [0.4, 0.5) is 19.3 Å². The molecule has 0 radical (unpaired) electrons. The first-order valence-corrected chi connectivity index (χ1v) is 9.78. The van der Waals surface area contributed by atoms with Crippen molar-refractivity contribution < 1.29 is 18.3 Å². The van der Waals surface area contributed by atoms with Gasteiger partial charge in [0, 0.05) is 38.4 Å². The van der Waals surface area contributed by atoms with Crippen LogP contribution in [-0.2, 0) is 6.54 Å². The minimum atomic E-state index is -2.51. The second kappa shape index (κ2) is 9.58. The Hall–Kier alpha value is -2.83. The summed E-state index contributed by atoms with van der Waals surface area (Å²) >= 11 is 0. The highest BCUT2D eigenvalue weighted by Gasteiger charge is 2.22. The fourth-order valence-electron chi connectivity index (χ4n) is 3.42. The first-order valence-electron chi connectivity index (χ1n) is 9.78. The molecule has 1 fully saturated rings. The highest BCUT2D eigenvalue weighted by Crippen LogP contribution is 2.24. The molecule has 0 aromatic heterocycles. The molecule has 1 saturated heterocycles. The van der Waals surface area contributed by atoms with Crippen LogP contribution in [0.15, 0.2) is 42.5 Å². The molecule has 1 heterocycles. The van der Waals surface area contributed by atoms with E-state index in [1.165, 1.54) is 16.8 Å². The molecule has 5 nitrogen and oxygen atoms in total. The third kappa shape index (κ3) is 5.59. The number of anilines is 1. The smallest absolute Gasteiger partial charge is 0.317 e. The SMILES string of the molecule is Cc1cccc(N2CCN(C(=O)NCc3cccc(OCC(F)F)c3)CC2)c1C. The maximum atomic E-state index is 12.5. The second-order valence-corrected chi connectivity index (χ2v) is 7.20. The predicted molar refractivity (Wildman–Crippen MR) is 110 cm³/mol. The number of carbonyl (C=O) groups is 1. The standard InChI is InChI=1S/C22H27F2N3O2/c1-16-5-3-8-20(17(16)2)26-9-11-27(12-10-26)22(28)25-14-18-6-4-7-19(13-18)29-15-21(23)24/h3-8,13,21H,9-12,14-15H2,1-2H3,(H,25,28). The molecule has 2 amide bonds. The Balaban J connectivity index is 1.49. The minimum Gasteiger partial charge on any atom is -0.488 e. The predicted octanol–water partition coefficient (Wildman–Crippen LogP) is 3.98. The van der Waals surface area contributed by atoms with Crippen LogP contribution in [0.5, 0.6) is 5.75 Å². The van der Waals surface area contributed by atoms with Gasteiger partial charge in [0.25, 0.3) is 6.43 Å². The molecule has 0 aliphatic carbocycles. The van der Waals surface area contributed by atoms with E-state index in [0.29, 0.717) is 25.4 Å². The average Bonchev–Trinajstić information content (AvgIpc) is 2.73. The molecule has 0 bridgehead atoms. The Morgan fingerprint density at radius 1 is 1.10 bits per heavy atom. The van der Waals surface area contributed by atoms with E-state index >= 15 is 0 Å². The summed E-state index contributed by atoms with van der Waals surface area (Å²) in [4.78, 5) is 16.6. The van der Waals surface area contributed by atoms with Crippen molar-refractivity contribution in [2.24, 2.45) is 0 Å². The number of carbonyl (C=O) groups excluding carboxylic acids is 1. The Morgan fingerprint density at radius 2 is 1.83 bits per heavy atom. The van der Waals surface area contributed by atoms with Crippen LogP contribution in [0.1, 0.15) is 16.7 Å². The zero-order valence-corrected chi connectivity index (χ0v) is 16.8. The number of nitrogens with zero attached hydrogens (tertiary/aromatic N) is 2. The van der Waals surface area contributed by atoms with E-state index in [1.54, 1.807) is 23.1 Å². The molecule has 0 spiro atoms. The molecule has 0 unspecified atom stereocenters. The number of halogens is 2. The molecule has 3 rings (SSSR count). The van der Waals surface area contributed by atoms with E-state index < -0.39 is 13.0 Å². The van der Waals surface area contributed by atoms with Gasteiger partial charge in [-0.15, -0.1) is 0 Å². The lowest BCUT2D eigenvalue weighted by molar-refractivity contribution is 0.0818. The molecule has 156 valence electrons. The molecular weight excluding hydrogens is 376 g/mol. The van der Waals surface area contributed by atoms with Crippen molar-refractivity contribution in [1.82, 2.24) is 10.2 Å². The number of rotatable bonds is 6. The van der Waals surface area contributed by atoms with E-state index in [-0.39, 0.29) is 6.03 Å². The number of ether oxygens (including phenoxy) is 1. The third-order valence-electron chi connectivity index (χ3n) is 5.20. The van der Waals surface area contributed by atoms with Gasteiger partial charge in [-0.3, -0.25) is 0 Å². The molecule has 1 aliphatic rings. The highest BCUT2D eigenvalue weighted by molar-refractivity contribution is 5.74. The van der Waals surface area contributed by atoms with Crippen LogP contribution in [-0.4, -0.2) is 50.1 Å². The number of benzene rings is 2. The van der Waals surface area contributed by atoms with Crippen molar-refractivity contribution in [2.45, 2.75) is 26.8 Å². The fraction of sp³-hybridized carbons (Fsp3) is 0.409. The van der Waals surface area contributed by atoms with Crippen molar-refractivity contribution in [1.29, 1.82) is 0 Å². The van der Waals surface area contributed by atoms with Crippen LogP contribution < -0.4 is 15.0 Å². The summed E-state index contributed by atoms with van der Waals surface area (Å²) in [5.74, 6) is 0.374. The van der Waals surface area contributed by atoms with Gasteiger partial charge < -0.3 is 19.9 Å². The molecule has 29 heavy (non-hydrogen) atoms. The van der Waals surface area contributed by atoms with Crippen LogP contribution in [0.3, 0.4) is 0 Å². The summed E-state index contributed by atoms with van der Waals surface area (Å²) in [5.41, 5.74) is 4.58. The van der Waals surface area contributed by atoms with Crippen LogP contribution in [0.2, 0.25) is 0 Å². The zero-order valence-electron chi connectivity index (χ0n) is 16.8. The lowest BCUT2D eigenvalue weighted by atomic mass is 10.1. The summed E-state index contributed by atoms with van der Waals surface area (Å²) < 4.78 is 29.6. The fourth-order valence-corrected chi connectivity index (χ4v) is 3.42. The largest absolute Gasteiger partial charge is 0.488 e. The molecule has 0 saturated carbocycles. The van der Waals surface area contributed by atoms with Gasteiger partial charge in [-0.05, 0) is 48.7 Å². The van der Waals surface area contributed by atoms with Crippen molar-refractivity contribution in [3.8, 4) is 5.75 Å². The summed E-state index contributed by atoms with van der Waals surface area (Å²) in [6, 6.07) is 13.0. The number of alkyl halides is 2. The van der Waals surface area contributed by atoms with Crippen molar-refractivity contribution in [2.75, 3.05) is 37.7 Å². The van der Waals surface area contributed by atoms with Gasteiger partial charge in [0.05, 0.1) is 0 Å². The summed E-state index contributed by atoms with van der Waals surface area (Å²) in [5, 5.41) is 2.90. The lowest BCUT2D eigenvalue weighted by Crippen LogP contribution is -2.51. The highest BCUT2D eigenvalue weighted by atomic mass is 19.3. The number of nitrogens with one attached hydrogen (secondary N) is 1. The van der Waals surface area contributed by atoms with E-state index in [1.807, 2.05) is 6.07 Å². The van der Waals surface area contributed by atoms with Gasteiger partial charge >= 0.3 is 6.03 Å². The van der Waals surface area contributed by atoms with Gasteiger partial charge in [0.1, 0.15) is 12.4 Å². The lowest BCUT2D eigenvalue weighted by Gasteiger charge is -2.37. The summed E-state index contributed by atoms with van der Waals surface area (Å²) in [7, 11) is 0. The van der Waals surface area contributed by atoms with Crippen molar-refractivity contribution >= 4 is 11.7 Å². The number of aryl methyl sites for hydroxylation is 1. The normalized spacial score (nSPS) is 14.2. The molecular formula is C22H27F2N3O2. The Bertz CT molecular complexity index is 837.